The van der Waals surface area contributed by atoms with Crippen LogP contribution in [0.1, 0.15) is 19.1 Å². The second-order valence-electron chi connectivity index (χ2n) is 4.63. The van der Waals surface area contributed by atoms with Crippen molar-refractivity contribution in [3.05, 3.63) is 48.4 Å². The number of anilines is 1. The molecule has 5 heteroatoms. The minimum absolute atomic E-state index is 0.0586. The fourth-order valence-corrected chi connectivity index (χ4v) is 1.98. The fourth-order valence-electron chi connectivity index (χ4n) is 1.98. The van der Waals surface area contributed by atoms with Gasteiger partial charge in [0.1, 0.15) is 17.6 Å². The Morgan fingerprint density at radius 1 is 1.33 bits per heavy atom. The average Bonchev–Trinajstić information content (AvgIpc) is 3.04. The van der Waals surface area contributed by atoms with E-state index in [0.29, 0.717) is 13.0 Å². The highest BCUT2D eigenvalue weighted by Gasteiger charge is 2.16. The van der Waals surface area contributed by atoms with Gasteiger partial charge in [0.15, 0.2) is 0 Å². The van der Waals surface area contributed by atoms with Crippen LogP contribution in [0.25, 0.3) is 0 Å². The zero-order chi connectivity index (χ0) is 15.1. The molecule has 2 N–H and O–H groups in total. The lowest BCUT2D eigenvalue weighted by Gasteiger charge is -2.18. The van der Waals surface area contributed by atoms with Crippen molar-refractivity contribution in [1.82, 2.24) is 5.32 Å². The molecule has 1 amide bonds. The molecule has 0 unspecified atom stereocenters. The van der Waals surface area contributed by atoms with Crippen molar-refractivity contribution in [2.45, 2.75) is 25.9 Å². The van der Waals surface area contributed by atoms with Gasteiger partial charge in [-0.3, -0.25) is 4.79 Å². The lowest BCUT2D eigenvalue weighted by molar-refractivity contribution is -0.122. The molecule has 1 aromatic carbocycles. The number of carbonyl (C=O) groups excluding carboxylic acids is 1. The van der Waals surface area contributed by atoms with Crippen LogP contribution < -0.4 is 15.4 Å². The van der Waals surface area contributed by atoms with Gasteiger partial charge >= 0.3 is 0 Å². The van der Waals surface area contributed by atoms with Crippen LogP contribution in [-0.4, -0.2) is 19.1 Å². The van der Waals surface area contributed by atoms with E-state index in [-0.39, 0.29) is 11.9 Å². The van der Waals surface area contributed by atoms with Gasteiger partial charge in [0.05, 0.1) is 19.9 Å². The number of ether oxygens (including phenoxy) is 1. The molecule has 0 fully saturated rings. The zero-order valence-electron chi connectivity index (χ0n) is 12.3. The van der Waals surface area contributed by atoms with Crippen molar-refractivity contribution in [1.29, 1.82) is 0 Å². The highest BCUT2D eigenvalue weighted by atomic mass is 16.5. The quantitative estimate of drug-likeness (QED) is 0.822. The smallest absolute Gasteiger partial charge is 0.242 e. The predicted octanol–water partition coefficient (Wildman–Crippen LogP) is 2.80. The molecule has 1 heterocycles. The maximum Gasteiger partial charge on any atom is 0.242 e. The van der Waals surface area contributed by atoms with Crippen LogP contribution in [0.3, 0.4) is 0 Å². The SMILES string of the molecule is CC[C@@H](Nc1cccc(OC)c1)C(=O)NCc1ccco1. The van der Waals surface area contributed by atoms with Crippen molar-refractivity contribution < 1.29 is 13.9 Å². The Labute approximate surface area is 124 Å². The number of carbonyl (C=O) groups is 1. The Hall–Kier alpha value is -2.43. The summed E-state index contributed by atoms with van der Waals surface area (Å²) in [7, 11) is 1.62. The molecule has 1 atom stereocenters. The van der Waals surface area contributed by atoms with E-state index >= 15 is 0 Å². The summed E-state index contributed by atoms with van der Waals surface area (Å²) in [6, 6.07) is 10.8. The number of rotatable bonds is 7. The minimum atomic E-state index is -0.299. The standard InChI is InChI=1S/C16H20N2O3/c1-3-15(16(19)17-11-14-8-5-9-21-14)18-12-6-4-7-13(10-12)20-2/h4-10,15,18H,3,11H2,1-2H3,(H,17,19)/t15-/m1/s1. The average molecular weight is 288 g/mol. The molecule has 0 aliphatic rings. The summed E-state index contributed by atoms with van der Waals surface area (Å²) in [5.41, 5.74) is 0.856. The molecule has 0 radical (unpaired) electrons. The minimum Gasteiger partial charge on any atom is -0.497 e. The molecule has 2 rings (SSSR count). The first-order chi connectivity index (χ1) is 10.2. The molecule has 2 aromatic rings. The second kappa shape index (κ2) is 7.38. The molecule has 112 valence electrons. The molecule has 0 aliphatic carbocycles. The Morgan fingerprint density at radius 2 is 2.19 bits per heavy atom. The highest BCUT2D eigenvalue weighted by Crippen LogP contribution is 2.18. The van der Waals surface area contributed by atoms with Gasteiger partial charge in [0, 0.05) is 11.8 Å². The predicted molar refractivity (Wildman–Crippen MR) is 81.3 cm³/mol. The fraction of sp³-hybridized carbons (Fsp3) is 0.312. The molecule has 0 bridgehead atoms. The van der Waals surface area contributed by atoms with Gasteiger partial charge in [0.25, 0.3) is 0 Å². The Morgan fingerprint density at radius 3 is 2.86 bits per heavy atom. The zero-order valence-corrected chi connectivity index (χ0v) is 12.3. The van der Waals surface area contributed by atoms with Crippen molar-refractivity contribution in [3.8, 4) is 5.75 Å². The van der Waals surface area contributed by atoms with Gasteiger partial charge < -0.3 is 19.8 Å². The van der Waals surface area contributed by atoms with Crippen LogP contribution in [0.2, 0.25) is 0 Å². The topological polar surface area (TPSA) is 63.5 Å². The van der Waals surface area contributed by atoms with Crippen molar-refractivity contribution in [2.75, 3.05) is 12.4 Å². The molecular weight excluding hydrogens is 268 g/mol. The van der Waals surface area contributed by atoms with Gasteiger partial charge in [-0.25, -0.2) is 0 Å². The molecule has 21 heavy (non-hydrogen) atoms. The van der Waals surface area contributed by atoms with Gasteiger partial charge in [-0.1, -0.05) is 13.0 Å². The largest absolute Gasteiger partial charge is 0.497 e. The molecule has 0 aliphatic heterocycles. The first-order valence-electron chi connectivity index (χ1n) is 6.93. The van der Waals surface area contributed by atoms with E-state index in [4.69, 9.17) is 9.15 Å². The second-order valence-corrected chi connectivity index (χ2v) is 4.63. The third-order valence-electron chi connectivity index (χ3n) is 3.15. The summed E-state index contributed by atoms with van der Waals surface area (Å²) >= 11 is 0. The lowest BCUT2D eigenvalue weighted by Crippen LogP contribution is -2.38. The van der Waals surface area contributed by atoms with Crippen LogP contribution in [0.5, 0.6) is 5.75 Å². The summed E-state index contributed by atoms with van der Waals surface area (Å²) in [6.45, 7) is 2.35. The van der Waals surface area contributed by atoms with Crippen molar-refractivity contribution in [3.63, 3.8) is 0 Å². The van der Waals surface area contributed by atoms with Gasteiger partial charge in [-0.2, -0.15) is 0 Å². The van der Waals surface area contributed by atoms with E-state index in [9.17, 15) is 4.79 Å². The molecular formula is C16H20N2O3. The van der Waals surface area contributed by atoms with Gasteiger partial charge in [-0.15, -0.1) is 0 Å². The number of hydrogen-bond donors (Lipinski definition) is 2. The third kappa shape index (κ3) is 4.27. The van der Waals surface area contributed by atoms with Crippen LogP contribution in [0.15, 0.2) is 47.1 Å². The first-order valence-corrected chi connectivity index (χ1v) is 6.93. The van der Waals surface area contributed by atoms with E-state index in [1.54, 1.807) is 19.4 Å². The first kappa shape index (κ1) is 15.0. The Bertz CT molecular complexity index is 567. The van der Waals surface area contributed by atoms with Crippen LogP contribution in [0, 0.1) is 0 Å². The maximum absolute atomic E-state index is 12.2. The van der Waals surface area contributed by atoms with E-state index in [1.165, 1.54) is 0 Å². The summed E-state index contributed by atoms with van der Waals surface area (Å²) in [5.74, 6) is 1.43. The summed E-state index contributed by atoms with van der Waals surface area (Å²) < 4.78 is 10.4. The number of nitrogens with one attached hydrogen (secondary N) is 2. The normalized spacial score (nSPS) is 11.7. The molecule has 0 saturated carbocycles. The number of furan rings is 1. The van der Waals surface area contributed by atoms with Crippen molar-refractivity contribution >= 4 is 11.6 Å². The summed E-state index contributed by atoms with van der Waals surface area (Å²) in [6.07, 6.45) is 2.27. The van der Waals surface area contributed by atoms with Crippen LogP contribution in [0.4, 0.5) is 5.69 Å². The van der Waals surface area contributed by atoms with E-state index in [0.717, 1.165) is 17.2 Å². The molecule has 1 aromatic heterocycles. The molecule has 5 nitrogen and oxygen atoms in total. The van der Waals surface area contributed by atoms with Gasteiger partial charge in [0.2, 0.25) is 5.91 Å². The molecule has 0 saturated heterocycles. The lowest BCUT2D eigenvalue weighted by atomic mass is 10.2. The summed E-state index contributed by atoms with van der Waals surface area (Å²) in [4.78, 5) is 12.2. The third-order valence-corrected chi connectivity index (χ3v) is 3.15. The van der Waals surface area contributed by atoms with E-state index in [2.05, 4.69) is 10.6 Å². The molecule has 0 spiro atoms. The van der Waals surface area contributed by atoms with Crippen LogP contribution in [-0.2, 0) is 11.3 Å². The van der Waals surface area contributed by atoms with E-state index < -0.39 is 0 Å². The van der Waals surface area contributed by atoms with Crippen molar-refractivity contribution in [2.24, 2.45) is 0 Å². The maximum atomic E-state index is 12.2. The number of amides is 1. The Kier molecular flexibility index (Phi) is 5.26. The number of benzene rings is 1. The number of hydrogen-bond acceptors (Lipinski definition) is 4. The monoisotopic (exact) mass is 288 g/mol. The number of methoxy groups -OCH3 is 1. The van der Waals surface area contributed by atoms with E-state index in [1.807, 2.05) is 37.3 Å². The summed E-state index contributed by atoms with van der Waals surface area (Å²) in [5, 5.41) is 6.07. The Balaban J connectivity index is 1.93. The highest BCUT2D eigenvalue weighted by molar-refractivity contribution is 5.84. The van der Waals surface area contributed by atoms with Crippen LogP contribution >= 0.6 is 0 Å². The van der Waals surface area contributed by atoms with Gasteiger partial charge in [-0.05, 0) is 30.7 Å².